The summed E-state index contributed by atoms with van der Waals surface area (Å²) in [4.78, 5) is 0. The standard InChI is InChI=1S/C8H10O3.C8H10O2/c1-4-3-6(9)5(2)8(11)7(4)10;1-5-3-4-7(9)6(2)8(5)10/h3,9-11H,1-2H3;3-4,9-10H,1-2H3. The van der Waals surface area contributed by atoms with Crippen LogP contribution in [-0.2, 0) is 0 Å². The Kier molecular flexibility index (Phi) is 4.92. The van der Waals surface area contributed by atoms with Crippen LogP contribution in [0.5, 0.6) is 28.7 Å². The van der Waals surface area contributed by atoms with Crippen LogP contribution in [0.25, 0.3) is 0 Å². The van der Waals surface area contributed by atoms with E-state index in [-0.39, 0.29) is 28.7 Å². The van der Waals surface area contributed by atoms with Gasteiger partial charge in [0.25, 0.3) is 0 Å². The van der Waals surface area contributed by atoms with E-state index in [4.69, 9.17) is 20.4 Å². The van der Waals surface area contributed by atoms with Gasteiger partial charge in [0.15, 0.2) is 11.5 Å². The van der Waals surface area contributed by atoms with E-state index in [1.807, 2.05) is 0 Å². The molecule has 0 saturated heterocycles. The summed E-state index contributed by atoms with van der Waals surface area (Å²) in [5.41, 5.74) is 2.09. The van der Waals surface area contributed by atoms with Gasteiger partial charge in [0.05, 0.1) is 0 Å². The molecule has 5 nitrogen and oxygen atoms in total. The molecule has 0 aliphatic heterocycles. The first kappa shape index (κ1) is 16.5. The summed E-state index contributed by atoms with van der Waals surface area (Å²) in [6, 6.07) is 4.66. The molecule has 5 N–H and O–H groups in total. The highest BCUT2D eigenvalue weighted by Gasteiger charge is 2.09. The van der Waals surface area contributed by atoms with Gasteiger partial charge in [0.1, 0.15) is 17.2 Å². The summed E-state index contributed by atoms with van der Waals surface area (Å²) in [5.74, 6) is -0.0938. The minimum absolute atomic E-state index is 0.00204. The lowest BCUT2D eigenvalue weighted by molar-refractivity contribution is 0.389. The Morgan fingerprint density at radius 3 is 1.62 bits per heavy atom. The third kappa shape index (κ3) is 3.51. The molecular weight excluding hydrogens is 272 g/mol. The minimum atomic E-state index is -0.248. The minimum Gasteiger partial charge on any atom is -0.508 e. The second kappa shape index (κ2) is 6.26. The van der Waals surface area contributed by atoms with Crippen molar-refractivity contribution in [2.24, 2.45) is 0 Å². The first-order chi connectivity index (χ1) is 9.66. The zero-order valence-corrected chi connectivity index (χ0v) is 12.5. The van der Waals surface area contributed by atoms with Crippen LogP contribution in [0.2, 0.25) is 0 Å². The maximum atomic E-state index is 9.23. The van der Waals surface area contributed by atoms with E-state index >= 15 is 0 Å². The van der Waals surface area contributed by atoms with Crippen molar-refractivity contribution in [1.82, 2.24) is 0 Å². The van der Waals surface area contributed by atoms with Crippen molar-refractivity contribution in [3.63, 3.8) is 0 Å². The molecule has 5 heteroatoms. The molecule has 0 aliphatic rings. The third-order valence-electron chi connectivity index (χ3n) is 3.29. The van der Waals surface area contributed by atoms with E-state index in [0.717, 1.165) is 5.56 Å². The normalized spacial score (nSPS) is 9.90. The number of hydrogen-bond acceptors (Lipinski definition) is 5. The molecule has 0 amide bonds. The Hall–Kier alpha value is -2.56. The van der Waals surface area contributed by atoms with Gasteiger partial charge in [-0.15, -0.1) is 0 Å². The summed E-state index contributed by atoms with van der Waals surface area (Å²) in [7, 11) is 0. The Balaban J connectivity index is 0.000000211. The summed E-state index contributed by atoms with van der Waals surface area (Å²) in [6.07, 6.45) is 0. The second-order valence-electron chi connectivity index (χ2n) is 4.91. The molecule has 0 aliphatic carbocycles. The van der Waals surface area contributed by atoms with Crippen LogP contribution in [0.15, 0.2) is 18.2 Å². The van der Waals surface area contributed by atoms with Gasteiger partial charge < -0.3 is 25.5 Å². The maximum absolute atomic E-state index is 9.23. The fraction of sp³-hybridized carbons (Fsp3) is 0.250. The molecule has 0 saturated carbocycles. The molecular formula is C16H20O5. The number of hydrogen-bond donors (Lipinski definition) is 5. The van der Waals surface area contributed by atoms with Gasteiger partial charge in [-0.05, 0) is 51.0 Å². The molecule has 0 atom stereocenters. The summed E-state index contributed by atoms with van der Waals surface area (Å²) in [5, 5.41) is 45.7. The Morgan fingerprint density at radius 1 is 0.571 bits per heavy atom. The Morgan fingerprint density at radius 2 is 1.10 bits per heavy atom. The van der Waals surface area contributed by atoms with Crippen LogP contribution in [0, 0.1) is 27.7 Å². The van der Waals surface area contributed by atoms with Crippen molar-refractivity contribution in [3.8, 4) is 28.7 Å². The predicted octanol–water partition coefficient (Wildman–Crippen LogP) is 3.13. The van der Waals surface area contributed by atoms with Crippen molar-refractivity contribution in [2.75, 3.05) is 0 Å². The quantitative estimate of drug-likeness (QED) is 0.379. The highest BCUT2D eigenvalue weighted by molar-refractivity contribution is 5.55. The highest BCUT2D eigenvalue weighted by Crippen LogP contribution is 2.37. The lowest BCUT2D eigenvalue weighted by Gasteiger charge is -2.06. The molecule has 2 aromatic carbocycles. The van der Waals surface area contributed by atoms with Gasteiger partial charge in [-0.2, -0.15) is 0 Å². The van der Waals surface area contributed by atoms with E-state index in [1.165, 1.54) is 13.0 Å². The molecule has 0 spiro atoms. The zero-order chi connectivity index (χ0) is 16.3. The van der Waals surface area contributed by atoms with Crippen molar-refractivity contribution >= 4 is 0 Å². The smallest absolute Gasteiger partial charge is 0.164 e. The SMILES string of the molecule is Cc1cc(O)c(C)c(O)c1O.Cc1ccc(O)c(C)c1O. The van der Waals surface area contributed by atoms with E-state index in [1.54, 1.807) is 32.9 Å². The lowest BCUT2D eigenvalue weighted by Crippen LogP contribution is -1.81. The average Bonchev–Trinajstić information content (AvgIpc) is 2.45. The molecule has 114 valence electrons. The van der Waals surface area contributed by atoms with Gasteiger partial charge in [0.2, 0.25) is 0 Å². The summed E-state index contributed by atoms with van der Waals surface area (Å²) >= 11 is 0. The second-order valence-corrected chi connectivity index (χ2v) is 4.91. The zero-order valence-electron chi connectivity index (χ0n) is 12.5. The van der Waals surface area contributed by atoms with Crippen LogP contribution in [0.1, 0.15) is 22.3 Å². The monoisotopic (exact) mass is 292 g/mol. The predicted molar refractivity (Wildman–Crippen MR) is 80.2 cm³/mol. The van der Waals surface area contributed by atoms with Crippen LogP contribution in [0.3, 0.4) is 0 Å². The molecule has 2 aromatic rings. The number of phenols is 5. The van der Waals surface area contributed by atoms with E-state index < -0.39 is 0 Å². The van der Waals surface area contributed by atoms with Gasteiger partial charge in [-0.1, -0.05) is 6.07 Å². The van der Waals surface area contributed by atoms with E-state index in [9.17, 15) is 5.11 Å². The average molecular weight is 292 g/mol. The van der Waals surface area contributed by atoms with Gasteiger partial charge >= 0.3 is 0 Å². The van der Waals surface area contributed by atoms with Gasteiger partial charge in [0, 0.05) is 11.1 Å². The highest BCUT2D eigenvalue weighted by atomic mass is 16.3. The molecule has 0 unspecified atom stereocenters. The number of phenolic OH excluding ortho intramolecular Hbond substituents is 5. The van der Waals surface area contributed by atoms with Crippen molar-refractivity contribution in [2.45, 2.75) is 27.7 Å². The molecule has 21 heavy (non-hydrogen) atoms. The molecule has 0 heterocycles. The van der Waals surface area contributed by atoms with E-state index in [2.05, 4.69) is 0 Å². The third-order valence-corrected chi connectivity index (χ3v) is 3.29. The lowest BCUT2D eigenvalue weighted by atomic mass is 10.1. The topological polar surface area (TPSA) is 101 Å². The maximum Gasteiger partial charge on any atom is 0.164 e. The van der Waals surface area contributed by atoms with Gasteiger partial charge in [-0.25, -0.2) is 0 Å². The summed E-state index contributed by atoms with van der Waals surface area (Å²) < 4.78 is 0. The first-order valence-corrected chi connectivity index (χ1v) is 6.36. The number of aryl methyl sites for hydroxylation is 2. The molecule has 2 rings (SSSR count). The Bertz CT molecular complexity index is 609. The van der Waals surface area contributed by atoms with Crippen molar-refractivity contribution < 1.29 is 25.5 Å². The number of aromatic hydroxyl groups is 5. The van der Waals surface area contributed by atoms with Crippen LogP contribution >= 0.6 is 0 Å². The first-order valence-electron chi connectivity index (χ1n) is 6.36. The van der Waals surface area contributed by atoms with Crippen LogP contribution in [-0.4, -0.2) is 25.5 Å². The van der Waals surface area contributed by atoms with Crippen LogP contribution < -0.4 is 0 Å². The molecule has 0 radical (unpaired) electrons. The largest absolute Gasteiger partial charge is 0.508 e. The summed E-state index contributed by atoms with van der Waals surface area (Å²) in [6.45, 7) is 6.61. The fourth-order valence-corrected chi connectivity index (χ4v) is 1.69. The molecule has 0 bridgehead atoms. The number of rotatable bonds is 0. The molecule has 0 fully saturated rings. The fourth-order valence-electron chi connectivity index (χ4n) is 1.69. The van der Waals surface area contributed by atoms with E-state index in [0.29, 0.717) is 16.7 Å². The van der Waals surface area contributed by atoms with Gasteiger partial charge in [-0.3, -0.25) is 0 Å². The van der Waals surface area contributed by atoms with Crippen LogP contribution in [0.4, 0.5) is 0 Å². The Labute approximate surface area is 123 Å². The van der Waals surface area contributed by atoms with Crippen molar-refractivity contribution in [1.29, 1.82) is 0 Å². The number of benzene rings is 2. The molecule has 0 aromatic heterocycles. The van der Waals surface area contributed by atoms with Crippen molar-refractivity contribution in [3.05, 3.63) is 40.5 Å².